The molecule has 0 saturated carbocycles. The molecule has 0 radical (unpaired) electrons. The molecule has 0 bridgehead atoms. The van der Waals surface area contributed by atoms with E-state index in [2.05, 4.69) is 4.98 Å². The zero-order chi connectivity index (χ0) is 21.9. The zero-order valence-corrected chi connectivity index (χ0v) is 17.8. The maximum atomic E-state index is 13.1. The largest absolute Gasteiger partial charge is 0.496 e. The van der Waals surface area contributed by atoms with Gasteiger partial charge < -0.3 is 18.8 Å². The molecule has 0 unspecified atom stereocenters. The van der Waals surface area contributed by atoms with Gasteiger partial charge in [0, 0.05) is 12.4 Å². The summed E-state index contributed by atoms with van der Waals surface area (Å²) in [6, 6.07) is 12.2. The number of rotatable bonds is 6. The van der Waals surface area contributed by atoms with Gasteiger partial charge in [0.2, 0.25) is 0 Å². The molecule has 3 aromatic rings. The average molecular weight is 410 g/mol. The summed E-state index contributed by atoms with van der Waals surface area (Å²) in [7, 11) is 2.84. The van der Waals surface area contributed by atoms with Crippen molar-refractivity contribution in [1.29, 1.82) is 0 Å². The second-order valence-electron chi connectivity index (χ2n) is 7.86. The number of hydrogen-bond acceptors (Lipinski definition) is 6. The highest BCUT2D eigenvalue weighted by Crippen LogP contribution is 2.35. The van der Waals surface area contributed by atoms with Crippen LogP contribution in [0.2, 0.25) is 0 Å². The smallest absolute Gasteiger partial charge is 0.323 e. The van der Waals surface area contributed by atoms with E-state index in [4.69, 9.17) is 14.2 Å². The highest BCUT2D eigenvalue weighted by atomic mass is 16.6. The second kappa shape index (κ2) is 8.57. The van der Waals surface area contributed by atoms with E-state index in [1.807, 2.05) is 36.4 Å². The number of benzene rings is 1. The highest BCUT2D eigenvalue weighted by Gasteiger charge is 2.41. The first-order valence-corrected chi connectivity index (χ1v) is 9.62. The van der Waals surface area contributed by atoms with Gasteiger partial charge in [0.1, 0.15) is 17.0 Å². The summed E-state index contributed by atoms with van der Waals surface area (Å²) in [5.74, 6) is -1.91. The summed E-state index contributed by atoms with van der Waals surface area (Å²) in [4.78, 5) is 30.5. The fraction of sp³-hybridized carbons (Fsp3) is 0.348. The minimum absolute atomic E-state index is 0.584. The monoisotopic (exact) mass is 410 g/mol. The average Bonchev–Trinajstić information content (AvgIpc) is 3.14. The first-order chi connectivity index (χ1) is 14.3. The van der Waals surface area contributed by atoms with Gasteiger partial charge in [-0.25, -0.2) is 4.98 Å². The van der Waals surface area contributed by atoms with Crippen LogP contribution in [0.4, 0.5) is 0 Å². The molecule has 0 aliphatic rings. The lowest BCUT2D eigenvalue weighted by atomic mass is 9.92. The molecule has 3 rings (SSSR count). The maximum Gasteiger partial charge on any atom is 0.323 e. The van der Waals surface area contributed by atoms with Gasteiger partial charge in [-0.05, 0) is 38.5 Å². The fourth-order valence-electron chi connectivity index (χ4n) is 3.45. The fourth-order valence-corrected chi connectivity index (χ4v) is 3.45. The Morgan fingerprint density at radius 2 is 1.70 bits per heavy atom. The van der Waals surface area contributed by atoms with Crippen molar-refractivity contribution in [3.8, 4) is 5.75 Å². The molecule has 0 amide bonds. The molecule has 2 heterocycles. The molecular formula is C23H26N2O5. The Kier molecular flexibility index (Phi) is 6.10. The van der Waals surface area contributed by atoms with Gasteiger partial charge in [-0.3, -0.25) is 9.59 Å². The van der Waals surface area contributed by atoms with Crippen LogP contribution in [0.1, 0.15) is 32.4 Å². The van der Waals surface area contributed by atoms with Crippen LogP contribution in [-0.2, 0) is 19.1 Å². The Morgan fingerprint density at radius 1 is 1.00 bits per heavy atom. The van der Waals surface area contributed by atoms with Crippen molar-refractivity contribution in [3.05, 3.63) is 60.4 Å². The number of ether oxygens (including phenoxy) is 3. The standard InChI is InChI=1S/C23H26N2O5/c1-23(2,3)30-22(27)18(21(26)29-5)19(15-9-7-6-8-10-15)25-14-12-16-17(28-4)11-13-24-20(16)25/h6-14,18-19H,1-5H3/t18-,19+/m1/s1. The van der Waals surface area contributed by atoms with Gasteiger partial charge in [0.15, 0.2) is 5.92 Å². The SMILES string of the molecule is COC(=O)[C@H](C(=O)OC(C)(C)C)[C@H](c1ccccc1)n1ccc2c(OC)ccnc21. The molecule has 0 saturated heterocycles. The van der Waals surface area contributed by atoms with Crippen LogP contribution in [0.5, 0.6) is 5.75 Å². The number of hydrogen-bond donors (Lipinski definition) is 0. The van der Waals surface area contributed by atoms with E-state index >= 15 is 0 Å². The number of fused-ring (bicyclic) bond motifs is 1. The third-order valence-corrected chi connectivity index (χ3v) is 4.67. The van der Waals surface area contributed by atoms with E-state index in [0.717, 1.165) is 10.9 Å². The Hall–Kier alpha value is -3.35. The third kappa shape index (κ3) is 4.30. The van der Waals surface area contributed by atoms with E-state index in [-0.39, 0.29) is 0 Å². The van der Waals surface area contributed by atoms with Crippen LogP contribution in [0.25, 0.3) is 11.0 Å². The van der Waals surface area contributed by atoms with Crippen molar-refractivity contribution in [2.45, 2.75) is 32.4 Å². The van der Waals surface area contributed by atoms with E-state index in [1.54, 1.807) is 50.9 Å². The predicted octanol–water partition coefficient (Wildman–Crippen LogP) is 3.77. The predicted molar refractivity (Wildman–Crippen MR) is 112 cm³/mol. The van der Waals surface area contributed by atoms with Crippen LogP contribution in [0.15, 0.2) is 54.9 Å². The second-order valence-corrected chi connectivity index (χ2v) is 7.86. The number of esters is 2. The van der Waals surface area contributed by atoms with E-state index < -0.39 is 29.5 Å². The van der Waals surface area contributed by atoms with Crippen LogP contribution in [-0.4, -0.2) is 41.3 Å². The lowest BCUT2D eigenvalue weighted by Crippen LogP contribution is -2.39. The number of carbonyl (C=O) groups is 2. The van der Waals surface area contributed by atoms with Crippen molar-refractivity contribution in [2.24, 2.45) is 5.92 Å². The van der Waals surface area contributed by atoms with E-state index in [0.29, 0.717) is 11.4 Å². The van der Waals surface area contributed by atoms with E-state index in [9.17, 15) is 9.59 Å². The van der Waals surface area contributed by atoms with Crippen molar-refractivity contribution in [2.75, 3.05) is 14.2 Å². The molecule has 0 spiro atoms. The summed E-state index contributed by atoms with van der Waals surface area (Å²) in [5, 5.41) is 0.772. The molecule has 7 heteroatoms. The lowest BCUT2D eigenvalue weighted by Gasteiger charge is -2.29. The first kappa shape index (κ1) is 21.4. The van der Waals surface area contributed by atoms with Crippen LogP contribution >= 0.6 is 0 Å². The number of nitrogens with zero attached hydrogens (tertiary/aromatic N) is 2. The Balaban J connectivity index is 2.22. The third-order valence-electron chi connectivity index (χ3n) is 4.67. The Bertz CT molecular complexity index is 1040. The molecule has 1 aromatic carbocycles. The summed E-state index contributed by atoms with van der Waals surface area (Å²) < 4.78 is 17.8. The van der Waals surface area contributed by atoms with E-state index in [1.165, 1.54) is 7.11 Å². The van der Waals surface area contributed by atoms with Gasteiger partial charge in [-0.1, -0.05) is 30.3 Å². The Morgan fingerprint density at radius 3 is 2.30 bits per heavy atom. The topological polar surface area (TPSA) is 79.7 Å². The van der Waals surface area contributed by atoms with Gasteiger partial charge in [0.25, 0.3) is 0 Å². The summed E-state index contributed by atoms with van der Waals surface area (Å²) >= 11 is 0. The van der Waals surface area contributed by atoms with Gasteiger partial charge in [-0.2, -0.15) is 0 Å². The van der Waals surface area contributed by atoms with Crippen LogP contribution in [0, 0.1) is 5.92 Å². The highest BCUT2D eigenvalue weighted by molar-refractivity contribution is 5.96. The molecule has 2 atom stereocenters. The van der Waals surface area contributed by atoms with Crippen LogP contribution < -0.4 is 4.74 Å². The lowest BCUT2D eigenvalue weighted by molar-refractivity contribution is -0.169. The van der Waals surface area contributed by atoms with Gasteiger partial charge >= 0.3 is 11.9 Å². The molecule has 30 heavy (non-hydrogen) atoms. The van der Waals surface area contributed by atoms with Gasteiger partial charge in [0.05, 0.1) is 25.6 Å². The minimum atomic E-state index is -1.22. The molecule has 0 aliphatic heterocycles. The molecule has 0 fully saturated rings. The normalized spacial score (nSPS) is 13.5. The summed E-state index contributed by atoms with van der Waals surface area (Å²) in [6.45, 7) is 5.27. The zero-order valence-electron chi connectivity index (χ0n) is 17.8. The maximum absolute atomic E-state index is 13.1. The van der Waals surface area contributed by atoms with Crippen molar-refractivity contribution < 1.29 is 23.8 Å². The summed E-state index contributed by atoms with van der Waals surface area (Å²) in [6.07, 6.45) is 3.42. The number of methoxy groups -OCH3 is 2. The molecular weight excluding hydrogens is 384 g/mol. The Labute approximate surface area is 175 Å². The molecule has 7 nitrogen and oxygen atoms in total. The van der Waals surface area contributed by atoms with Crippen LogP contribution in [0.3, 0.4) is 0 Å². The number of pyridine rings is 1. The minimum Gasteiger partial charge on any atom is -0.496 e. The van der Waals surface area contributed by atoms with Gasteiger partial charge in [-0.15, -0.1) is 0 Å². The molecule has 0 aliphatic carbocycles. The number of carbonyl (C=O) groups excluding carboxylic acids is 2. The molecule has 158 valence electrons. The van der Waals surface area contributed by atoms with Crippen molar-refractivity contribution in [3.63, 3.8) is 0 Å². The molecule has 2 aromatic heterocycles. The number of aromatic nitrogens is 2. The first-order valence-electron chi connectivity index (χ1n) is 9.62. The van der Waals surface area contributed by atoms with Crippen molar-refractivity contribution >= 4 is 23.0 Å². The van der Waals surface area contributed by atoms with Crippen molar-refractivity contribution in [1.82, 2.24) is 9.55 Å². The molecule has 0 N–H and O–H groups in total. The quantitative estimate of drug-likeness (QED) is 0.455. The summed E-state index contributed by atoms with van der Waals surface area (Å²) in [5.41, 5.74) is 0.576.